The number of hydrogen-bond donors (Lipinski definition) is 2. The van der Waals surface area contributed by atoms with Crippen LogP contribution in [0.1, 0.15) is 52.4 Å². The second-order valence-corrected chi connectivity index (χ2v) is 11.6. The maximum Gasteiger partial charge on any atom is 0.408 e. The first-order chi connectivity index (χ1) is 17.3. The van der Waals surface area contributed by atoms with Crippen molar-refractivity contribution in [1.82, 2.24) is 25.2 Å². The SMILES string of the molecule is CC(C)(C)OC(=O)NC(C)(C)C(=O)NC1C[C@]1(COCc1ccccc1)c1nnc2ccc(Cl)c(Cl)n12. The van der Waals surface area contributed by atoms with Crippen molar-refractivity contribution in [3.05, 3.63) is 64.0 Å². The van der Waals surface area contributed by atoms with E-state index in [1.165, 1.54) is 0 Å². The number of amides is 2. The van der Waals surface area contributed by atoms with E-state index < -0.39 is 22.6 Å². The molecule has 2 aromatic heterocycles. The number of hydrogen-bond acceptors (Lipinski definition) is 6. The molecule has 2 amide bonds. The summed E-state index contributed by atoms with van der Waals surface area (Å²) in [5.41, 5.74) is -1.05. The van der Waals surface area contributed by atoms with E-state index in [1.54, 1.807) is 51.2 Å². The lowest BCUT2D eigenvalue weighted by molar-refractivity contribution is -0.126. The van der Waals surface area contributed by atoms with E-state index in [2.05, 4.69) is 20.8 Å². The van der Waals surface area contributed by atoms with Crippen LogP contribution < -0.4 is 10.6 Å². The van der Waals surface area contributed by atoms with E-state index in [0.29, 0.717) is 29.5 Å². The molecule has 3 aromatic rings. The van der Waals surface area contributed by atoms with Gasteiger partial charge < -0.3 is 20.1 Å². The van der Waals surface area contributed by atoms with Crippen LogP contribution in [-0.4, -0.2) is 50.4 Å². The first kappa shape index (κ1) is 27.2. The minimum atomic E-state index is -1.23. The molecule has 2 atom stereocenters. The number of carbonyl (C=O) groups excluding carboxylic acids is 2. The number of rotatable bonds is 8. The Hall–Kier alpha value is -2.88. The van der Waals surface area contributed by atoms with Crippen LogP contribution in [0, 0.1) is 0 Å². The molecule has 1 aliphatic carbocycles. The summed E-state index contributed by atoms with van der Waals surface area (Å²) in [6.07, 6.45) is -0.134. The Morgan fingerprint density at radius 1 is 1.08 bits per heavy atom. The van der Waals surface area contributed by atoms with Crippen molar-refractivity contribution in [3.63, 3.8) is 0 Å². The van der Waals surface area contributed by atoms with Gasteiger partial charge in [-0.2, -0.15) is 0 Å². The molecule has 1 unspecified atom stereocenters. The number of ether oxygens (including phenoxy) is 2. The average Bonchev–Trinajstić information content (AvgIpc) is 3.30. The predicted molar refractivity (Wildman–Crippen MR) is 141 cm³/mol. The van der Waals surface area contributed by atoms with Gasteiger partial charge in [-0.25, -0.2) is 4.79 Å². The zero-order valence-electron chi connectivity index (χ0n) is 21.5. The minimum absolute atomic E-state index is 0.260. The van der Waals surface area contributed by atoms with Gasteiger partial charge in [0.1, 0.15) is 22.1 Å². The van der Waals surface area contributed by atoms with E-state index in [9.17, 15) is 9.59 Å². The molecule has 1 saturated carbocycles. The maximum atomic E-state index is 13.2. The predicted octanol–water partition coefficient (Wildman–Crippen LogP) is 4.68. The molecule has 0 spiro atoms. The van der Waals surface area contributed by atoms with Crippen molar-refractivity contribution >= 4 is 40.8 Å². The molecule has 0 radical (unpaired) electrons. The molecule has 0 bridgehead atoms. The molecule has 1 fully saturated rings. The van der Waals surface area contributed by atoms with Crippen molar-refractivity contribution in [2.45, 2.75) is 70.2 Å². The van der Waals surface area contributed by atoms with Crippen LogP contribution in [0.3, 0.4) is 0 Å². The Morgan fingerprint density at radius 2 is 1.78 bits per heavy atom. The molecule has 4 rings (SSSR count). The van der Waals surface area contributed by atoms with Gasteiger partial charge in [0.15, 0.2) is 5.65 Å². The van der Waals surface area contributed by atoms with Gasteiger partial charge in [0.05, 0.1) is 23.7 Å². The smallest absolute Gasteiger partial charge is 0.408 e. The quantitative estimate of drug-likeness (QED) is 0.396. The number of aromatic nitrogens is 3. The van der Waals surface area contributed by atoms with Crippen LogP contribution in [-0.2, 0) is 26.3 Å². The van der Waals surface area contributed by atoms with Crippen molar-refractivity contribution in [3.8, 4) is 0 Å². The summed E-state index contributed by atoms with van der Waals surface area (Å²) in [6, 6.07) is 12.8. The average molecular weight is 548 g/mol. The molecule has 37 heavy (non-hydrogen) atoms. The fourth-order valence-corrected chi connectivity index (χ4v) is 4.47. The molecule has 0 aliphatic heterocycles. The zero-order valence-corrected chi connectivity index (χ0v) is 23.0. The summed E-state index contributed by atoms with van der Waals surface area (Å²) in [6.45, 7) is 9.16. The van der Waals surface area contributed by atoms with Gasteiger partial charge in [0.2, 0.25) is 5.91 Å². The number of carbonyl (C=O) groups is 2. The van der Waals surface area contributed by atoms with Gasteiger partial charge in [-0.05, 0) is 58.7 Å². The van der Waals surface area contributed by atoms with Crippen molar-refractivity contribution in [1.29, 1.82) is 0 Å². The Kier molecular flexibility index (Phi) is 7.43. The number of alkyl carbamates (subject to hydrolysis) is 1. The molecular weight excluding hydrogens is 517 g/mol. The summed E-state index contributed by atoms with van der Waals surface area (Å²) in [7, 11) is 0. The number of pyridine rings is 1. The second-order valence-electron chi connectivity index (χ2n) is 10.8. The van der Waals surface area contributed by atoms with Crippen LogP contribution >= 0.6 is 23.2 Å². The normalized spacial score (nSPS) is 19.5. The lowest BCUT2D eigenvalue weighted by Gasteiger charge is -2.28. The number of fused-ring (bicyclic) bond motifs is 1. The lowest BCUT2D eigenvalue weighted by atomic mass is 10.0. The molecular formula is C26H31Cl2N5O4. The molecule has 0 saturated heterocycles. The van der Waals surface area contributed by atoms with Gasteiger partial charge in [0.25, 0.3) is 0 Å². The lowest BCUT2D eigenvalue weighted by Crippen LogP contribution is -2.56. The van der Waals surface area contributed by atoms with Crippen LogP contribution in [0.4, 0.5) is 4.79 Å². The minimum Gasteiger partial charge on any atom is -0.444 e. The molecule has 2 N–H and O–H groups in total. The third-order valence-corrected chi connectivity index (χ3v) is 6.91. The van der Waals surface area contributed by atoms with Gasteiger partial charge >= 0.3 is 6.09 Å². The highest BCUT2D eigenvalue weighted by Crippen LogP contribution is 2.49. The molecule has 2 heterocycles. The highest BCUT2D eigenvalue weighted by molar-refractivity contribution is 6.41. The van der Waals surface area contributed by atoms with Crippen LogP contribution in [0.15, 0.2) is 42.5 Å². The summed E-state index contributed by atoms with van der Waals surface area (Å²) in [5.74, 6) is 0.178. The molecule has 11 heteroatoms. The highest BCUT2D eigenvalue weighted by atomic mass is 35.5. The topological polar surface area (TPSA) is 107 Å². The Bertz CT molecular complexity index is 1310. The first-order valence-corrected chi connectivity index (χ1v) is 12.7. The van der Waals surface area contributed by atoms with Crippen LogP contribution in [0.2, 0.25) is 10.2 Å². The first-order valence-electron chi connectivity index (χ1n) is 12.0. The number of nitrogens with one attached hydrogen (secondary N) is 2. The zero-order chi connectivity index (χ0) is 27.0. The van der Waals surface area contributed by atoms with Crippen molar-refractivity contribution in [2.75, 3.05) is 6.61 Å². The summed E-state index contributed by atoms with van der Waals surface area (Å²) < 4.78 is 13.1. The Labute approximate surface area is 225 Å². The van der Waals surface area contributed by atoms with E-state index in [1.807, 2.05) is 30.3 Å². The van der Waals surface area contributed by atoms with Crippen molar-refractivity contribution in [2.24, 2.45) is 0 Å². The molecule has 1 aliphatic rings. The summed E-state index contributed by atoms with van der Waals surface area (Å²) >= 11 is 12.8. The molecule has 198 valence electrons. The Morgan fingerprint density at radius 3 is 2.46 bits per heavy atom. The monoisotopic (exact) mass is 547 g/mol. The fourth-order valence-electron chi connectivity index (χ4n) is 4.09. The van der Waals surface area contributed by atoms with E-state index in [4.69, 9.17) is 32.7 Å². The molecule has 1 aromatic carbocycles. The number of nitrogens with zero attached hydrogens (tertiary/aromatic N) is 3. The standard InChI is InChI=1S/C26H31Cl2N5O4/c1-24(2,3)37-23(35)30-25(4,5)22(34)29-18-13-26(18,15-36-14-16-9-7-6-8-10-16)21-32-31-19-12-11-17(27)20(28)33(19)21/h6-12,18H,13-15H2,1-5H3,(H,29,34)(H,30,35)/t18?,26-/m1/s1. The fraction of sp³-hybridized carbons (Fsp3) is 0.462. The maximum absolute atomic E-state index is 13.2. The van der Waals surface area contributed by atoms with Gasteiger partial charge in [-0.15, -0.1) is 10.2 Å². The number of benzene rings is 1. The Balaban J connectivity index is 1.55. The van der Waals surface area contributed by atoms with Crippen molar-refractivity contribution < 1.29 is 19.1 Å². The molecule has 9 nitrogen and oxygen atoms in total. The second kappa shape index (κ2) is 10.1. The van der Waals surface area contributed by atoms with E-state index >= 15 is 0 Å². The van der Waals surface area contributed by atoms with Gasteiger partial charge in [0, 0.05) is 6.04 Å². The largest absolute Gasteiger partial charge is 0.444 e. The third-order valence-electron chi connectivity index (χ3n) is 6.14. The third kappa shape index (κ3) is 6.00. The van der Waals surface area contributed by atoms with E-state index in [0.717, 1.165) is 5.56 Å². The number of halogens is 2. The highest BCUT2D eigenvalue weighted by Gasteiger charge is 2.60. The summed E-state index contributed by atoms with van der Waals surface area (Å²) in [4.78, 5) is 25.5. The van der Waals surface area contributed by atoms with Gasteiger partial charge in [-0.1, -0.05) is 53.5 Å². The van der Waals surface area contributed by atoms with Crippen LogP contribution in [0.25, 0.3) is 5.65 Å². The van der Waals surface area contributed by atoms with Gasteiger partial charge in [-0.3, -0.25) is 9.20 Å². The summed E-state index contributed by atoms with van der Waals surface area (Å²) in [5, 5.41) is 15.0. The van der Waals surface area contributed by atoms with E-state index in [-0.39, 0.29) is 23.7 Å². The van der Waals surface area contributed by atoms with Crippen LogP contribution in [0.5, 0.6) is 0 Å².